The van der Waals surface area contributed by atoms with Gasteiger partial charge in [-0.3, -0.25) is 10.1 Å². The topological polar surface area (TPSA) is 99.9 Å². The average molecular weight is 390 g/mol. The molecule has 3 N–H and O–H groups in total. The fraction of sp³-hybridized carbons (Fsp3) is 0.263. The van der Waals surface area contributed by atoms with Crippen molar-refractivity contribution in [2.45, 2.75) is 31.5 Å². The van der Waals surface area contributed by atoms with E-state index in [1.807, 2.05) is 0 Å². The van der Waals surface area contributed by atoms with Crippen LogP contribution in [0.5, 0.6) is 17.2 Å². The van der Waals surface area contributed by atoms with Crippen LogP contribution in [0.3, 0.4) is 0 Å². The number of nitrogen functional groups attached to an aromatic ring is 1. The lowest BCUT2D eigenvalue weighted by Gasteiger charge is -2.16. The molecule has 7 nitrogen and oxygen atoms in total. The molecule has 4 rings (SSSR count). The van der Waals surface area contributed by atoms with Gasteiger partial charge in [-0.05, 0) is 48.2 Å². The van der Waals surface area contributed by atoms with E-state index in [0.29, 0.717) is 18.6 Å². The molecule has 2 aromatic carbocycles. The standard InChI is InChI=1S/C19H16F2N2O5/c20-18(21)27-15-8-10(22)2-6-14(15)26-11-3-5-12-9(7-11)1-4-13(12)16-17(24)23-19(25)28-16/h2-3,5-8,13,16,18H,1,4,22H2,(H,23,24,25)/t13-,16-/m1/s1. The minimum absolute atomic E-state index is 0.105. The first-order valence-electron chi connectivity index (χ1n) is 8.57. The van der Waals surface area contributed by atoms with Crippen molar-refractivity contribution in [1.82, 2.24) is 5.32 Å². The van der Waals surface area contributed by atoms with Crippen LogP contribution in [-0.2, 0) is 16.0 Å². The summed E-state index contributed by atoms with van der Waals surface area (Å²) < 4.78 is 40.5. The molecule has 1 saturated heterocycles. The Morgan fingerprint density at radius 3 is 2.68 bits per heavy atom. The lowest BCUT2D eigenvalue weighted by Crippen LogP contribution is -2.28. The second kappa shape index (κ2) is 6.99. The summed E-state index contributed by atoms with van der Waals surface area (Å²) in [6.45, 7) is -3.01. The molecule has 1 aliphatic heterocycles. The molecule has 0 unspecified atom stereocenters. The summed E-state index contributed by atoms with van der Waals surface area (Å²) in [5.74, 6) is -0.309. The average Bonchev–Trinajstić information content (AvgIpc) is 3.18. The Morgan fingerprint density at radius 1 is 1.14 bits per heavy atom. The van der Waals surface area contributed by atoms with E-state index in [0.717, 1.165) is 11.1 Å². The van der Waals surface area contributed by atoms with Gasteiger partial charge in [0.05, 0.1) is 0 Å². The number of halogens is 2. The number of amides is 2. The Morgan fingerprint density at radius 2 is 1.96 bits per heavy atom. The Balaban J connectivity index is 1.56. The normalized spacial score (nSPS) is 20.7. The number of alkyl halides is 2. The van der Waals surface area contributed by atoms with Crippen molar-refractivity contribution in [3.05, 3.63) is 47.5 Å². The molecule has 0 radical (unpaired) electrons. The van der Waals surface area contributed by atoms with E-state index in [9.17, 15) is 18.4 Å². The monoisotopic (exact) mass is 390 g/mol. The molecule has 2 atom stereocenters. The third kappa shape index (κ3) is 3.42. The van der Waals surface area contributed by atoms with Crippen LogP contribution in [0, 0.1) is 0 Å². The molecule has 0 spiro atoms. The van der Waals surface area contributed by atoms with Crippen LogP contribution in [0.25, 0.3) is 0 Å². The van der Waals surface area contributed by atoms with Crippen molar-refractivity contribution >= 4 is 17.7 Å². The number of carbonyl (C=O) groups is 2. The first-order chi connectivity index (χ1) is 13.4. The zero-order valence-corrected chi connectivity index (χ0v) is 14.5. The number of alkyl carbamates (subject to hydrolysis) is 1. The molecule has 2 aliphatic rings. The minimum Gasteiger partial charge on any atom is -0.453 e. The van der Waals surface area contributed by atoms with E-state index in [2.05, 4.69) is 10.1 Å². The molecule has 1 fully saturated rings. The summed E-state index contributed by atoms with van der Waals surface area (Å²) in [4.78, 5) is 23.1. The molecule has 146 valence electrons. The highest BCUT2D eigenvalue weighted by atomic mass is 19.3. The predicted molar refractivity (Wildman–Crippen MR) is 93.5 cm³/mol. The van der Waals surface area contributed by atoms with Gasteiger partial charge in [-0.1, -0.05) is 6.07 Å². The molecule has 0 aromatic heterocycles. The van der Waals surface area contributed by atoms with Gasteiger partial charge in [-0.2, -0.15) is 8.78 Å². The van der Waals surface area contributed by atoms with Gasteiger partial charge in [-0.15, -0.1) is 0 Å². The highest BCUT2D eigenvalue weighted by Gasteiger charge is 2.42. The Hall–Kier alpha value is -3.36. The zero-order chi connectivity index (χ0) is 19.8. The van der Waals surface area contributed by atoms with Crippen LogP contribution in [0.2, 0.25) is 0 Å². The quantitative estimate of drug-likeness (QED) is 0.760. The molecule has 2 amide bonds. The highest BCUT2D eigenvalue weighted by molar-refractivity contribution is 6.00. The number of cyclic esters (lactones) is 1. The van der Waals surface area contributed by atoms with Crippen molar-refractivity contribution in [1.29, 1.82) is 0 Å². The first kappa shape index (κ1) is 18.0. The van der Waals surface area contributed by atoms with Crippen molar-refractivity contribution in [3.63, 3.8) is 0 Å². The molecule has 1 heterocycles. The number of benzene rings is 2. The predicted octanol–water partition coefficient (Wildman–Crippen LogP) is 3.33. The van der Waals surface area contributed by atoms with E-state index in [1.165, 1.54) is 18.2 Å². The number of hydrogen-bond acceptors (Lipinski definition) is 6. The van der Waals surface area contributed by atoms with E-state index < -0.39 is 24.7 Å². The van der Waals surface area contributed by atoms with Gasteiger partial charge in [-0.25, -0.2) is 4.79 Å². The molecule has 1 aliphatic carbocycles. The number of nitrogens with two attached hydrogens (primary N) is 1. The summed E-state index contributed by atoms with van der Waals surface area (Å²) in [5.41, 5.74) is 7.71. The smallest absolute Gasteiger partial charge is 0.414 e. The number of rotatable bonds is 5. The van der Waals surface area contributed by atoms with E-state index in [1.54, 1.807) is 18.2 Å². The van der Waals surface area contributed by atoms with Gasteiger partial charge in [0.25, 0.3) is 5.91 Å². The van der Waals surface area contributed by atoms with E-state index in [-0.39, 0.29) is 23.1 Å². The second-order valence-electron chi connectivity index (χ2n) is 6.51. The SMILES string of the molecule is Nc1ccc(Oc2ccc3c(c2)CC[C@H]3[C@H]2OC(=O)NC2=O)c(OC(F)F)c1. The molecule has 0 bridgehead atoms. The number of anilines is 1. The molecular weight excluding hydrogens is 374 g/mol. The first-order valence-corrected chi connectivity index (χ1v) is 8.57. The number of carbonyl (C=O) groups excluding carboxylic acids is 2. The highest BCUT2D eigenvalue weighted by Crippen LogP contribution is 2.41. The maximum Gasteiger partial charge on any atom is 0.414 e. The van der Waals surface area contributed by atoms with Crippen LogP contribution < -0.4 is 20.5 Å². The van der Waals surface area contributed by atoms with Crippen molar-refractivity contribution in [3.8, 4) is 17.2 Å². The number of fused-ring (bicyclic) bond motifs is 1. The molecule has 2 aromatic rings. The van der Waals surface area contributed by atoms with Crippen LogP contribution in [0.4, 0.5) is 19.3 Å². The lowest BCUT2D eigenvalue weighted by molar-refractivity contribution is -0.124. The number of imide groups is 1. The number of ether oxygens (including phenoxy) is 3. The van der Waals surface area contributed by atoms with E-state index in [4.69, 9.17) is 15.2 Å². The fourth-order valence-electron chi connectivity index (χ4n) is 3.56. The maximum atomic E-state index is 12.6. The minimum atomic E-state index is -3.01. The molecule has 9 heteroatoms. The maximum absolute atomic E-state index is 12.6. The number of hydrogen-bond donors (Lipinski definition) is 2. The Bertz CT molecular complexity index is 950. The van der Waals surface area contributed by atoms with Gasteiger partial charge in [0.1, 0.15) is 5.75 Å². The van der Waals surface area contributed by atoms with Gasteiger partial charge in [0.2, 0.25) is 0 Å². The largest absolute Gasteiger partial charge is 0.453 e. The number of nitrogens with one attached hydrogen (secondary N) is 1. The molecule has 28 heavy (non-hydrogen) atoms. The van der Waals surface area contributed by atoms with Crippen LogP contribution in [-0.4, -0.2) is 24.7 Å². The van der Waals surface area contributed by atoms with Crippen LogP contribution in [0.15, 0.2) is 36.4 Å². The third-order valence-corrected chi connectivity index (χ3v) is 4.73. The van der Waals surface area contributed by atoms with Crippen LogP contribution >= 0.6 is 0 Å². The lowest BCUT2D eigenvalue weighted by atomic mass is 9.95. The van der Waals surface area contributed by atoms with Crippen molar-refractivity contribution < 1.29 is 32.6 Å². The van der Waals surface area contributed by atoms with Gasteiger partial charge in [0.15, 0.2) is 17.6 Å². The van der Waals surface area contributed by atoms with Crippen LogP contribution in [0.1, 0.15) is 23.5 Å². The summed E-state index contributed by atoms with van der Waals surface area (Å²) in [7, 11) is 0. The van der Waals surface area contributed by atoms with Gasteiger partial charge < -0.3 is 19.9 Å². The fourth-order valence-corrected chi connectivity index (χ4v) is 3.56. The van der Waals surface area contributed by atoms with Crippen molar-refractivity contribution in [2.75, 3.05) is 5.73 Å². The number of aryl methyl sites for hydroxylation is 1. The summed E-state index contributed by atoms with van der Waals surface area (Å²) >= 11 is 0. The summed E-state index contributed by atoms with van der Waals surface area (Å²) in [6.07, 6.45) is -0.270. The Kier molecular flexibility index (Phi) is 4.50. The van der Waals surface area contributed by atoms with Gasteiger partial charge >= 0.3 is 12.7 Å². The van der Waals surface area contributed by atoms with E-state index >= 15 is 0 Å². The van der Waals surface area contributed by atoms with Gasteiger partial charge in [0, 0.05) is 17.7 Å². The zero-order valence-electron chi connectivity index (χ0n) is 14.5. The summed E-state index contributed by atoms with van der Waals surface area (Å²) in [5, 5.41) is 2.13. The molecule has 0 saturated carbocycles. The van der Waals surface area contributed by atoms with Crippen molar-refractivity contribution in [2.24, 2.45) is 0 Å². The summed E-state index contributed by atoms with van der Waals surface area (Å²) in [6, 6.07) is 9.45. The Labute approximate surface area is 158 Å². The second-order valence-corrected chi connectivity index (χ2v) is 6.51. The molecular formula is C19H16F2N2O5. The third-order valence-electron chi connectivity index (χ3n) is 4.73.